The number of fused-ring (bicyclic) bond motifs is 1. The van der Waals surface area contributed by atoms with Crippen LogP contribution in [0, 0.1) is 0 Å². The van der Waals surface area contributed by atoms with Crippen molar-refractivity contribution in [3.8, 4) is 0 Å². The number of nitrogens with zero attached hydrogens (tertiary/aromatic N) is 4. The minimum atomic E-state index is -1.76. The third-order valence-corrected chi connectivity index (χ3v) is 20.5. The van der Waals surface area contributed by atoms with Crippen LogP contribution in [0.2, 0.25) is 98.7 Å². The molecule has 0 N–H and O–H groups in total. The minimum Gasteiger partial charge on any atom is -0.349 e. The molecule has 1 aliphatic carbocycles. The average molecular weight is 613 g/mol. The van der Waals surface area contributed by atoms with E-state index in [2.05, 4.69) is 87.2 Å². The molecule has 2 rings (SSSR count). The molecule has 12 heteroatoms. The largest absolute Gasteiger partial charge is 0.349 e. The summed E-state index contributed by atoms with van der Waals surface area (Å²) in [6, 6.07) is 0. The summed E-state index contributed by atoms with van der Waals surface area (Å²) < 4.78 is 4.71. The second-order valence-corrected chi connectivity index (χ2v) is 34.1. The van der Waals surface area contributed by atoms with Gasteiger partial charge in [0, 0.05) is 11.1 Å². The highest BCUT2D eigenvalue weighted by atomic mass is 35.5. The first-order valence-electron chi connectivity index (χ1n) is 11.4. The molecule has 34 heavy (non-hydrogen) atoms. The molecule has 0 unspecified atom stereocenters. The molecular formula is C22H38Cl4N4Si4. The molecule has 1 aromatic carbocycles. The van der Waals surface area contributed by atoms with Crippen molar-refractivity contribution < 1.29 is 0 Å². The Morgan fingerprint density at radius 3 is 0.912 bits per heavy atom. The minimum absolute atomic E-state index is 0.245. The lowest BCUT2D eigenvalue weighted by atomic mass is 9.93. The molecule has 190 valence electrons. The van der Waals surface area contributed by atoms with E-state index in [4.69, 9.17) is 56.6 Å². The monoisotopic (exact) mass is 610 g/mol. The van der Waals surface area contributed by atoms with Gasteiger partial charge in [0.25, 0.3) is 0 Å². The van der Waals surface area contributed by atoms with Gasteiger partial charge in [-0.25, -0.2) is 0 Å². The van der Waals surface area contributed by atoms with Crippen molar-refractivity contribution in [1.82, 2.24) is 8.68 Å². The van der Waals surface area contributed by atoms with Crippen molar-refractivity contribution in [3.63, 3.8) is 0 Å². The zero-order chi connectivity index (χ0) is 26.6. The highest BCUT2D eigenvalue weighted by Gasteiger charge is 2.37. The molecule has 0 aromatic heterocycles. The Morgan fingerprint density at radius 1 is 0.471 bits per heavy atom. The van der Waals surface area contributed by atoms with Gasteiger partial charge in [0.15, 0.2) is 32.9 Å². The van der Waals surface area contributed by atoms with Gasteiger partial charge in [-0.3, -0.25) is 0 Å². The van der Waals surface area contributed by atoms with Gasteiger partial charge in [0.05, 0.1) is 31.5 Å². The Balaban J connectivity index is 2.94. The van der Waals surface area contributed by atoms with E-state index in [1.54, 1.807) is 0 Å². The average Bonchev–Trinajstić information content (AvgIpc) is 2.63. The topological polar surface area (TPSA) is 31.2 Å². The number of allylic oxidation sites excluding steroid dienone is 2. The number of benzene rings is 1. The molecule has 0 saturated heterocycles. The molecule has 4 nitrogen and oxygen atoms in total. The van der Waals surface area contributed by atoms with Crippen LogP contribution in [0.3, 0.4) is 0 Å². The van der Waals surface area contributed by atoms with Gasteiger partial charge < -0.3 is 8.68 Å². The predicted molar refractivity (Wildman–Crippen MR) is 166 cm³/mol. The van der Waals surface area contributed by atoms with E-state index in [1.165, 1.54) is 0 Å². The predicted octanol–water partition coefficient (Wildman–Crippen LogP) is 9.22. The third kappa shape index (κ3) is 6.43. The summed E-state index contributed by atoms with van der Waals surface area (Å²) in [5, 5.41) is 11.6. The molecule has 0 amide bonds. The van der Waals surface area contributed by atoms with Crippen LogP contribution in [0.25, 0.3) is 0 Å². The van der Waals surface area contributed by atoms with Crippen molar-refractivity contribution in [2.24, 2.45) is 10.2 Å². The summed E-state index contributed by atoms with van der Waals surface area (Å²) in [4.78, 5) is 0. The van der Waals surface area contributed by atoms with Crippen LogP contribution in [0.15, 0.2) is 22.4 Å². The number of halogens is 4. The molecule has 0 heterocycles. The van der Waals surface area contributed by atoms with Gasteiger partial charge in [-0.15, -0.1) is 0 Å². The second-order valence-electron chi connectivity index (χ2n) is 12.6. The quantitative estimate of drug-likeness (QED) is 0.139. The Kier molecular flexibility index (Phi) is 8.87. The molecule has 0 spiro atoms. The molecule has 0 fully saturated rings. The normalized spacial score (nSPS) is 17.4. The number of rotatable bonds is 6. The van der Waals surface area contributed by atoms with Gasteiger partial charge in [-0.1, -0.05) is 125 Å². The van der Waals surface area contributed by atoms with Crippen LogP contribution in [0.5, 0.6) is 0 Å². The molecule has 0 aliphatic heterocycles. The van der Waals surface area contributed by atoms with E-state index in [0.29, 0.717) is 21.2 Å². The van der Waals surface area contributed by atoms with Crippen LogP contribution in [-0.4, -0.2) is 53.0 Å². The van der Waals surface area contributed by atoms with Gasteiger partial charge >= 0.3 is 0 Å². The zero-order valence-electron chi connectivity index (χ0n) is 22.5. The third-order valence-electron chi connectivity index (χ3n) is 5.14. The maximum absolute atomic E-state index is 6.84. The van der Waals surface area contributed by atoms with Crippen LogP contribution in [0.4, 0.5) is 0 Å². The summed E-state index contributed by atoms with van der Waals surface area (Å²) in [6.45, 7) is 27.7. The van der Waals surface area contributed by atoms with Gasteiger partial charge in [-0.05, 0) is 12.2 Å². The summed E-state index contributed by atoms with van der Waals surface area (Å²) in [6.07, 6.45) is 3.99. The van der Waals surface area contributed by atoms with Crippen molar-refractivity contribution >= 4 is 90.8 Å². The molecule has 0 saturated carbocycles. The smallest absolute Gasteiger partial charge is 0.158 e. The summed E-state index contributed by atoms with van der Waals surface area (Å²) >= 11 is 26.8. The molecule has 0 bridgehead atoms. The summed E-state index contributed by atoms with van der Waals surface area (Å²) in [5.41, 5.74) is 2.90. The maximum atomic E-state index is 6.84. The highest BCUT2D eigenvalue weighted by Crippen LogP contribution is 2.44. The van der Waals surface area contributed by atoms with E-state index in [1.807, 2.05) is 12.2 Å². The summed E-state index contributed by atoms with van der Waals surface area (Å²) in [5.74, 6) is 0. The lowest BCUT2D eigenvalue weighted by Crippen LogP contribution is -2.56. The Hall–Kier alpha value is -0.0725. The fraction of sp³-hybridized carbons (Fsp3) is 0.545. The second kappa shape index (κ2) is 10.0. The van der Waals surface area contributed by atoms with Crippen LogP contribution in [-0.2, 0) is 0 Å². The van der Waals surface area contributed by atoms with E-state index in [9.17, 15) is 0 Å². The fourth-order valence-corrected chi connectivity index (χ4v) is 23.2. The van der Waals surface area contributed by atoms with Crippen LogP contribution in [0.1, 0.15) is 11.1 Å². The fourth-order valence-electron chi connectivity index (χ4n) is 4.43. The van der Waals surface area contributed by atoms with Crippen LogP contribution < -0.4 is 0 Å². The van der Waals surface area contributed by atoms with Gasteiger partial charge in [-0.2, -0.15) is 10.2 Å². The molecule has 0 radical (unpaired) electrons. The standard InChI is InChI=1S/C22H38Cl4N4Si4/c1-31(2,3)29(32(4,5)6)27-15-13-14-16(28-30(33(7,8)9)34(10,11)12)18-17(15)19(23)21(25)22(26)20(18)24/h13-14H,1-12H3. The Morgan fingerprint density at radius 2 is 0.706 bits per heavy atom. The highest BCUT2D eigenvalue weighted by molar-refractivity contribution is 6.90. The first-order chi connectivity index (χ1) is 15.1. The number of hydrogen-bond acceptors (Lipinski definition) is 4. The van der Waals surface area contributed by atoms with Crippen molar-refractivity contribution in [2.45, 2.75) is 78.6 Å². The lowest BCUT2D eigenvalue weighted by molar-refractivity contribution is 0.665. The van der Waals surface area contributed by atoms with Gasteiger partial charge in [0.2, 0.25) is 0 Å². The summed E-state index contributed by atoms with van der Waals surface area (Å²) in [7, 11) is -7.06. The molecule has 1 aliphatic rings. The molecule has 0 atom stereocenters. The first kappa shape index (κ1) is 30.2. The lowest BCUT2D eigenvalue weighted by Gasteiger charge is -2.42. The van der Waals surface area contributed by atoms with Crippen molar-refractivity contribution in [3.05, 3.63) is 43.4 Å². The molecule has 1 aromatic rings. The van der Waals surface area contributed by atoms with E-state index in [0.717, 1.165) is 11.4 Å². The van der Waals surface area contributed by atoms with E-state index >= 15 is 0 Å². The zero-order valence-corrected chi connectivity index (χ0v) is 29.5. The van der Waals surface area contributed by atoms with Gasteiger partial charge in [0.1, 0.15) is 0 Å². The number of hydrazone groups is 2. The Labute approximate surface area is 230 Å². The number of hydrogen-bond donors (Lipinski definition) is 0. The molecular weight excluding hydrogens is 574 g/mol. The SMILES string of the molecule is C[Si](C)(C)N(N=C1C=CC(=NN([Si](C)(C)C)[Si](C)(C)C)c2c(Cl)c(Cl)c(Cl)c(Cl)c21)[Si](C)(C)C. The van der Waals surface area contributed by atoms with Crippen molar-refractivity contribution in [2.75, 3.05) is 0 Å². The Bertz CT molecular complexity index is 948. The van der Waals surface area contributed by atoms with E-state index < -0.39 is 32.9 Å². The van der Waals surface area contributed by atoms with Crippen molar-refractivity contribution in [1.29, 1.82) is 0 Å². The maximum Gasteiger partial charge on any atom is 0.158 e. The first-order valence-corrected chi connectivity index (χ1v) is 26.7. The van der Waals surface area contributed by atoms with Crippen LogP contribution >= 0.6 is 46.4 Å². The van der Waals surface area contributed by atoms with E-state index in [-0.39, 0.29) is 10.0 Å².